The van der Waals surface area contributed by atoms with Crippen LogP contribution in [0.3, 0.4) is 0 Å². The fourth-order valence-electron chi connectivity index (χ4n) is 5.18. The van der Waals surface area contributed by atoms with Crippen LogP contribution in [0.4, 0.5) is 4.79 Å². The molecule has 1 aromatic heterocycles. The third kappa shape index (κ3) is 4.85. The third-order valence-electron chi connectivity index (χ3n) is 7.26. The lowest BCUT2D eigenvalue weighted by atomic mass is 9.77. The lowest BCUT2D eigenvalue weighted by Gasteiger charge is -2.40. The molecule has 4 atom stereocenters. The summed E-state index contributed by atoms with van der Waals surface area (Å²) in [4.78, 5) is 21.8. The molecule has 0 aliphatic carbocycles. The van der Waals surface area contributed by atoms with E-state index in [9.17, 15) is 4.79 Å². The number of piperidine rings is 1. The van der Waals surface area contributed by atoms with Crippen molar-refractivity contribution in [3.8, 4) is 0 Å². The maximum Gasteiger partial charge on any atom is 0.410 e. The van der Waals surface area contributed by atoms with Crippen molar-refractivity contribution in [3.05, 3.63) is 42.1 Å². The van der Waals surface area contributed by atoms with Gasteiger partial charge in [-0.15, -0.1) is 0 Å². The number of hydrogen-bond donors (Lipinski definition) is 1. The molecule has 0 spiro atoms. The van der Waals surface area contributed by atoms with Crippen LogP contribution in [0.5, 0.6) is 0 Å². The molecule has 3 heterocycles. The van der Waals surface area contributed by atoms with Gasteiger partial charge in [-0.2, -0.15) is 0 Å². The van der Waals surface area contributed by atoms with Crippen LogP contribution >= 0.6 is 0 Å². The molecule has 0 unspecified atom stereocenters. The van der Waals surface area contributed by atoms with E-state index in [-0.39, 0.29) is 18.2 Å². The minimum Gasteiger partial charge on any atom is -0.440 e. The van der Waals surface area contributed by atoms with Crippen molar-refractivity contribution < 1.29 is 9.53 Å². The molecule has 2 aromatic rings. The summed E-state index contributed by atoms with van der Waals surface area (Å²) < 4.78 is 6.30. The minimum absolute atomic E-state index is 0.106. The number of nitrogens with zero attached hydrogens (tertiary/aromatic N) is 3. The van der Waals surface area contributed by atoms with Crippen LogP contribution in [-0.4, -0.2) is 66.7 Å². The van der Waals surface area contributed by atoms with Gasteiger partial charge >= 0.3 is 6.09 Å². The summed E-state index contributed by atoms with van der Waals surface area (Å²) in [6.45, 7) is 8.73. The summed E-state index contributed by atoms with van der Waals surface area (Å²) in [5.74, 6) is 1.33. The SMILES string of the molecule is CC[C@H]1CN[C@H]([C@H](OC(=O)N2CCN(C)CC2)c2ccnc3ccccc23)C[C@@H]1CC. The molecule has 0 saturated carbocycles. The van der Waals surface area contributed by atoms with Gasteiger partial charge in [-0.05, 0) is 44.0 Å². The fourth-order valence-corrected chi connectivity index (χ4v) is 5.18. The zero-order valence-corrected chi connectivity index (χ0v) is 19.1. The Morgan fingerprint density at radius 1 is 1.13 bits per heavy atom. The predicted octanol–water partition coefficient (Wildman–Crippen LogP) is 4.07. The first-order valence-corrected chi connectivity index (χ1v) is 11.8. The van der Waals surface area contributed by atoms with Crippen molar-refractivity contribution in [2.45, 2.75) is 45.3 Å². The Bertz CT molecular complexity index is 875. The summed E-state index contributed by atoms with van der Waals surface area (Å²) in [6.07, 6.45) is 4.67. The molecular weight excluding hydrogens is 388 g/mol. The molecule has 168 valence electrons. The number of carbonyl (C=O) groups excluding carboxylic acids is 1. The number of amides is 1. The molecule has 6 heteroatoms. The lowest BCUT2D eigenvalue weighted by molar-refractivity contribution is 0.0183. The van der Waals surface area contributed by atoms with Gasteiger partial charge < -0.3 is 19.9 Å². The molecular formula is C25H36N4O2. The molecule has 2 aliphatic heterocycles. The Morgan fingerprint density at radius 3 is 2.61 bits per heavy atom. The van der Waals surface area contributed by atoms with E-state index in [0.29, 0.717) is 24.9 Å². The minimum atomic E-state index is -0.327. The summed E-state index contributed by atoms with van der Waals surface area (Å²) in [6, 6.07) is 10.3. The van der Waals surface area contributed by atoms with Crippen LogP contribution < -0.4 is 5.32 Å². The Hall–Kier alpha value is -2.18. The highest BCUT2D eigenvalue weighted by Gasteiger charge is 2.37. The molecule has 2 saturated heterocycles. The van der Waals surface area contributed by atoms with Crippen LogP contribution in [0.1, 0.15) is 44.8 Å². The smallest absolute Gasteiger partial charge is 0.410 e. The van der Waals surface area contributed by atoms with Gasteiger partial charge in [-0.3, -0.25) is 4.98 Å². The van der Waals surface area contributed by atoms with E-state index in [1.54, 1.807) is 0 Å². The average Bonchev–Trinajstić information content (AvgIpc) is 2.82. The number of pyridine rings is 1. The van der Waals surface area contributed by atoms with Crippen LogP contribution in [-0.2, 0) is 4.74 Å². The third-order valence-corrected chi connectivity index (χ3v) is 7.26. The molecule has 0 radical (unpaired) electrons. The van der Waals surface area contributed by atoms with E-state index < -0.39 is 0 Å². The molecule has 2 fully saturated rings. The summed E-state index contributed by atoms with van der Waals surface area (Å²) >= 11 is 0. The number of para-hydroxylation sites is 1. The van der Waals surface area contributed by atoms with Crippen molar-refractivity contribution in [2.24, 2.45) is 11.8 Å². The van der Waals surface area contributed by atoms with Gasteiger partial charge in [0.2, 0.25) is 0 Å². The maximum absolute atomic E-state index is 13.2. The molecule has 0 bridgehead atoms. The van der Waals surface area contributed by atoms with E-state index in [1.165, 1.54) is 6.42 Å². The van der Waals surface area contributed by atoms with E-state index in [4.69, 9.17) is 4.74 Å². The molecule has 6 nitrogen and oxygen atoms in total. The van der Waals surface area contributed by atoms with Crippen LogP contribution in [0.25, 0.3) is 10.9 Å². The first kappa shape index (κ1) is 22.0. The second-order valence-electron chi connectivity index (χ2n) is 9.10. The number of fused-ring (bicyclic) bond motifs is 1. The molecule has 1 aromatic carbocycles. The van der Waals surface area contributed by atoms with E-state index in [1.807, 2.05) is 35.4 Å². The van der Waals surface area contributed by atoms with Gasteiger partial charge in [0.1, 0.15) is 6.10 Å². The zero-order chi connectivity index (χ0) is 21.8. The van der Waals surface area contributed by atoms with Gasteiger partial charge in [0, 0.05) is 49.4 Å². The summed E-state index contributed by atoms with van der Waals surface area (Å²) in [5.41, 5.74) is 1.99. The molecule has 2 aliphatic rings. The van der Waals surface area contributed by atoms with Gasteiger partial charge in [-0.1, -0.05) is 44.9 Å². The molecule has 4 rings (SSSR count). The Balaban J connectivity index is 1.63. The standard InChI is InChI=1S/C25H36N4O2/c1-4-18-16-23(27-17-19(18)5-2)24(31-25(30)29-14-12-28(3)13-15-29)21-10-11-26-22-9-7-6-8-20(21)22/h6-11,18-19,23-24,27H,4-5,12-17H2,1-3H3/t18-,19-,23-,24+/m0/s1. The first-order chi connectivity index (χ1) is 15.1. The van der Waals surface area contributed by atoms with Gasteiger partial charge in [0.25, 0.3) is 0 Å². The van der Waals surface area contributed by atoms with Crippen molar-refractivity contribution in [1.29, 1.82) is 0 Å². The number of hydrogen-bond acceptors (Lipinski definition) is 5. The summed E-state index contributed by atoms with van der Waals surface area (Å²) in [5, 5.41) is 4.80. The van der Waals surface area contributed by atoms with Gasteiger partial charge in [-0.25, -0.2) is 4.79 Å². The summed E-state index contributed by atoms with van der Waals surface area (Å²) in [7, 11) is 2.09. The Labute approximate surface area is 186 Å². The second kappa shape index (κ2) is 9.96. The van der Waals surface area contributed by atoms with Crippen LogP contribution in [0, 0.1) is 11.8 Å². The zero-order valence-electron chi connectivity index (χ0n) is 19.1. The Kier molecular flexibility index (Phi) is 7.08. The fraction of sp³-hybridized carbons (Fsp3) is 0.600. The van der Waals surface area contributed by atoms with Crippen molar-refractivity contribution in [2.75, 3.05) is 39.8 Å². The van der Waals surface area contributed by atoms with Crippen LogP contribution in [0.15, 0.2) is 36.5 Å². The Morgan fingerprint density at radius 2 is 1.87 bits per heavy atom. The van der Waals surface area contributed by atoms with Crippen LogP contribution in [0.2, 0.25) is 0 Å². The highest BCUT2D eigenvalue weighted by Crippen LogP contribution is 2.36. The number of rotatable bonds is 5. The average molecular weight is 425 g/mol. The van der Waals surface area contributed by atoms with E-state index >= 15 is 0 Å². The maximum atomic E-state index is 13.2. The number of piperazine rings is 1. The monoisotopic (exact) mass is 424 g/mol. The van der Waals surface area contributed by atoms with E-state index in [2.05, 4.69) is 42.2 Å². The van der Waals surface area contributed by atoms with Gasteiger partial charge in [0.15, 0.2) is 0 Å². The molecule has 1 amide bonds. The largest absolute Gasteiger partial charge is 0.440 e. The lowest BCUT2D eigenvalue weighted by Crippen LogP contribution is -2.50. The number of nitrogens with one attached hydrogen (secondary N) is 1. The van der Waals surface area contributed by atoms with Crippen molar-refractivity contribution in [1.82, 2.24) is 20.1 Å². The van der Waals surface area contributed by atoms with Crippen molar-refractivity contribution in [3.63, 3.8) is 0 Å². The normalized spacial score (nSPS) is 26.0. The number of ether oxygens (including phenoxy) is 1. The highest BCUT2D eigenvalue weighted by molar-refractivity contribution is 5.82. The number of aromatic nitrogens is 1. The quantitative estimate of drug-likeness (QED) is 0.784. The second-order valence-corrected chi connectivity index (χ2v) is 9.10. The topological polar surface area (TPSA) is 57.7 Å². The van der Waals surface area contributed by atoms with E-state index in [0.717, 1.165) is 48.9 Å². The molecule has 31 heavy (non-hydrogen) atoms. The number of benzene rings is 1. The number of carbonyl (C=O) groups is 1. The van der Waals surface area contributed by atoms with Gasteiger partial charge in [0.05, 0.1) is 5.52 Å². The number of likely N-dealkylation sites (N-methyl/N-ethyl adjacent to an activating group) is 1. The predicted molar refractivity (Wildman–Crippen MR) is 124 cm³/mol. The molecule has 1 N–H and O–H groups in total. The highest BCUT2D eigenvalue weighted by atomic mass is 16.6. The first-order valence-electron chi connectivity index (χ1n) is 11.8. The van der Waals surface area contributed by atoms with Crippen molar-refractivity contribution >= 4 is 17.0 Å².